The Kier molecular flexibility index (Phi) is 7.45. The summed E-state index contributed by atoms with van der Waals surface area (Å²) in [4.78, 5) is 24.2. The first-order valence-electron chi connectivity index (χ1n) is 7.64. The van der Waals surface area contributed by atoms with Gasteiger partial charge in [0.1, 0.15) is 5.82 Å². The molecular formula is C16H23ClFN3O2. The number of unbranched alkanes of at least 4 members (excludes halogenated alkanes) is 1. The fourth-order valence-electron chi connectivity index (χ4n) is 2.67. The molecule has 0 bridgehead atoms. The van der Waals surface area contributed by atoms with Crippen molar-refractivity contribution in [2.24, 2.45) is 5.73 Å². The summed E-state index contributed by atoms with van der Waals surface area (Å²) in [7, 11) is 0. The monoisotopic (exact) mass is 343 g/mol. The third kappa shape index (κ3) is 4.91. The normalized spacial score (nSPS) is 17.5. The molecule has 7 heteroatoms. The zero-order chi connectivity index (χ0) is 16.1. The van der Waals surface area contributed by atoms with E-state index in [4.69, 9.17) is 5.73 Å². The lowest BCUT2D eigenvalue weighted by Gasteiger charge is -2.27. The van der Waals surface area contributed by atoms with E-state index in [1.54, 1.807) is 6.07 Å². The molecule has 1 heterocycles. The van der Waals surface area contributed by atoms with Crippen LogP contribution in [0.1, 0.15) is 44.1 Å². The second-order valence-corrected chi connectivity index (χ2v) is 5.62. The van der Waals surface area contributed by atoms with Gasteiger partial charge >= 0.3 is 0 Å². The molecule has 128 valence electrons. The van der Waals surface area contributed by atoms with Gasteiger partial charge < -0.3 is 16.4 Å². The molecule has 0 radical (unpaired) electrons. The predicted molar refractivity (Wildman–Crippen MR) is 90.1 cm³/mol. The Morgan fingerprint density at radius 2 is 2.26 bits per heavy atom. The van der Waals surface area contributed by atoms with Gasteiger partial charge in [-0.15, -0.1) is 12.4 Å². The second kappa shape index (κ2) is 8.84. The van der Waals surface area contributed by atoms with Gasteiger partial charge in [-0.05, 0) is 24.1 Å². The molecule has 0 spiro atoms. The SMILES string of the molecule is CCCCC(CN)NC(=O)C1CC(=O)Nc2cc(F)ccc21.Cl. The fourth-order valence-corrected chi connectivity index (χ4v) is 2.67. The number of hydrogen-bond acceptors (Lipinski definition) is 3. The minimum Gasteiger partial charge on any atom is -0.352 e. The maximum Gasteiger partial charge on any atom is 0.228 e. The average Bonchev–Trinajstić information content (AvgIpc) is 2.49. The molecule has 2 unspecified atom stereocenters. The van der Waals surface area contributed by atoms with E-state index in [-0.39, 0.29) is 36.7 Å². The van der Waals surface area contributed by atoms with Crippen LogP contribution in [-0.4, -0.2) is 24.4 Å². The van der Waals surface area contributed by atoms with Crippen LogP contribution in [0, 0.1) is 5.82 Å². The van der Waals surface area contributed by atoms with Crippen molar-refractivity contribution in [3.63, 3.8) is 0 Å². The summed E-state index contributed by atoms with van der Waals surface area (Å²) >= 11 is 0. The Labute approximate surface area is 141 Å². The van der Waals surface area contributed by atoms with Gasteiger partial charge in [-0.2, -0.15) is 0 Å². The molecule has 1 aliphatic heterocycles. The number of amides is 2. The molecule has 23 heavy (non-hydrogen) atoms. The first-order valence-corrected chi connectivity index (χ1v) is 7.64. The molecule has 1 aromatic carbocycles. The molecule has 0 saturated carbocycles. The summed E-state index contributed by atoms with van der Waals surface area (Å²) in [6.07, 6.45) is 2.89. The van der Waals surface area contributed by atoms with Crippen molar-refractivity contribution < 1.29 is 14.0 Å². The minimum absolute atomic E-state index is 0. The van der Waals surface area contributed by atoms with Crippen LogP contribution in [0.5, 0.6) is 0 Å². The van der Waals surface area contributed by atoms with E-state index < -0.39 is 11.7 Å². The summed E-state index contributed by atoms with van der Waals surface area (Å²) in [5.41, 5.74) is 6.70. The summed E-state index contributed by atoms with van der Waals surface area (Å²) in [5.74, 6) is -1.55. The number of benzene rings is 1. The van der Waals surface area contributed by atoms with Crippen molar-refractivity contribution >= 4 is 29.9 Å². The van der Waals surface area contributed by atoms with Crippen LogP contribution < -0.4 is 16.4 Å². The van der Waals surface area contributed by atoms with E-state index in [2.05, 4.69) is 17.6 Å². The van der Waals surface area contributed by atoms with Gasteiger partial charge in [0, 0.05) is 24.7 Å². The van der Waals surface area contributed by atoms with Gasteiger partial charge in [-0.25, -0.2) is 4.39 Å². The molecule has 1 aliphatic rings. The van der Waals surface area contributed by atoms with Crippen LogP contribution in [0.25, 0.3) is 0 Å². The number of nitrogens with two attached hydrogens (primary N) is 1. The summed E-state index contributed by atoms with van der Waals surface area (Å²) in [6.45, 7) is 2.44. The van der Waals surface area contributed by atoms with E-state index in [9.17, 15) is 14.0 Å². The molecule has 0 aromatic heterocycles. The molecule has 0 aliphatic carbocycles. The maximum atomic E-state index is 13.3. The Balaban J connectivity index is 0.00000264. The van der Waals surface area contributed by atoms with Crippen molar-refractivity contribution in [2.75, 3.05) is 11.9 Å². The van der Waals surface area contributed by atoms with E-state index in [0.717, 1.165) is 19.3 Å². The predicted octanol–water partition coefficient (Wildman–Crippen LogP) is 2.31. The standard InChI is InChI=1S/C16H22FN3O2.ClH/c1-2-3-4-11(9-18)19-16(22)13-8-15(21)20-14-7-10(17)5-6-12(13)14;/h5-7,11,13H,2-4,8-9,18H2,1H3,(H,19,22)(H,20,21);1H. The van der Waals surface area contributed by atoms with Crippen LogP contribution >= 0.6 is 12.4 Å². The Morgan fingerprint density at radius 3 is 2.91 bits per heavy atom. The van der Waals surface area contributed by atoms with Gasteiger partial charge in [-0.1, -0.05) is 25.8 Å². The summed E-state index contributed by atoms with van der Waals surface area (Å²) < 4.78 is 13.3. The first kappa shape index (κ1) is 19.4. The number of nitrogens with one attached hydrogen (secondary N) is 2. The molecule has 4 N–H and O–H groups in total. The lowest BCUT2D eigenvalue weighted by atomic mass is 9.89. The lowest BCUT2D eigenvalue weighted by molar-refractivity contribution is -0.126. The van der Waals surface area contributed by atoms with E-state index in [0.29, 0.717) is 17.8 Å². The van der Waals surface area contributed by atoms with Crippen LogP contribution in [0.15, 0.2) is 18.2 Å². The molecule has 2 amide bonds. The Morgan fingerprint density at radius 1 is 1.52 bits per heavy atom. The van der Waals surface area contributed by atoms with Crippen LogP contribution in [-0.2, 0) is 9.59 Å². The minimum atomic E-state index is -0.597. The topological polar surface area (TPSA) is 84.2 Å². The zero-order valence-electron chi connectivity index (χ0n) is 13.1. The molecule has 2 atom stereocenters. The number of fused-ring (bicyclic) bond motifs is 1. The van der Waals surface area contributed by atoms with Crippen LogP contribution in [0.4, 0.5) is 10.1 Å². The van der Waals surface area contributed by atoms with Crippen LogP contribution in [0.3, 0.4) is 0 Å². The van der Waals surface area contributed by atoms with E-state index in [1.165, 1.54) is 12.1 Å². The van der Waals surface area contributed by atoms with Gasteiger partial charge in [0.05, 0.1) is 5.92 Å². The number of anilines is 1. The number of carbonyl (C=O) groups is 2. The molecule has 0 saturated heterocycles. The van der Waals surface area contributed by atoms with E-state index in [1.807, 2.05) is 0 Å². The highest BCUT2D eigenvalue weighted by Crippen LogP contribution is 2.32. The molecule has 1 aromatic rings. The number of hydrogen-bond donors (Lipinski definition) is 3. The third-order valence-corrected chi connectivity index (χ3v) is 3.91. The highest BCUT2D eigenvalue weighted by atomic mass is 35.5. The van der Waals surface area contributed by atoms with Crippen molar-refractivity contribution in [1.82, 2.24) is 5.32 Å². The van der Waals surface area contributed by atoms with Gasteiger partial charge in [0.15, 0.2) is 0 Å². The molecular weight excluding hydrogens is 321 g/mol. The average molecular weight is 344 g/mol. The summed E-state index contributed by atoms with van der Waals surface area (Å²) in [5, 5.41) is 5.51. The molecule has 5 nitrogen and oxygen atoms in total. The Bertz CT molecular complexity index is 568. The quantitative estimate of drug-likeness (QED) is 0.741. The smallest absolute Gasteiger partial charge is 0.228 e. The van der Waals surface area contributed by atoms with Crippen LogP contribution in [0.2, 0.25) is 0 Å². The van der Waals surface area contributed by atoms with Gasteiger partial charge in [-0.3, -0.25) is 9.59 Å². The maximum absolute atomic E-state index is 13.3. The number of halogens is 2. The summed E-state index contributed by atoms with van der Waals surface area (Å²) in [6, 6.07) is 4.00. The van der Waals surface area contributed by atoms with Crippen molar-refractivity contribution in [2.45, 2.75) is 44.6 Å². The zero-order valence-corrected chi connectivity index (χ0v) is 13.9. The van der Waals surface area contributed by atoms with Crippen molar-refractivity contribution in [3.8, 4) is 0 Å². The van der Waals surface area contributed by atoms with Crippen molar-refractivity contribution in [1.29, 1.82) is 0 Å². The lowest BCUT2D eigenvalue weighted by Crippen LogP contribution is -2.44. The Hall–Kier alpha value is -1.66. The first-order chi connectivity index (χ1) is 10.5. The fraction of sp³-hybridized carbons (Fsp3) is 0.500. The largest absolute Gasteiger partial charge is 0.352 e. The second-order valence-electron chi connectivity index (χ2n) is 5.62. The third-order valence-electron chi connectivity index (χ3n) is 3.91. The highest BCUT2D eigenvalue weighted by Gasteiger charge is 2.31. The molecule has 0 fully saturated rings. The van der Waals surface area contributed by atoms with E-state index >= 15 is 0 Å². The van der Waals surface area contributed by atoms with Crippen molar-refractivity contribution in [3.05, 3.63) is 29.6 Å². The molecule has 2 rings (SSSR count). The van der Waals surface area contributed by atoms with Gasteiger partial charge in [0.2, 0.25) is 11.8 Å². The number of rotatable bonds is 6. The van der Waals surface area contributed by atoms with Gasteiger partial charge in [0.25, 0.3) is 0 Å². The number of carbonyl (C=O) groups excluding carboxylic acids is 2. The highest BCUT2D eigenvalue weighted by molar-refractivity contribution is 6.01.